The van der Waals surface area contributed by atoms with E-state index in [1.807, 2.05) is 0 Å². The molecule has 0 unspecified atom stereocenters. The van der Waals surface area contributed by atoms with E-state index in [1.54, 1.807) is 0 Å². The van der Waals surface area contributed by atoms with E-state index in [0.29, 0.717) is 6.41 Å². The topological polar surface area (TPSA) is 75.9 Å². The molecule has 0 N–H and O–H groups in total. The highest BCUT2D eigenvalue weighted by atomic mass is 16.2. The fourth-order valence-corrected chi connectivity index (χ4v) is 1.09. The van der Waals surface area contributed by atoms with Gasteiger partial charge in [0.15, 0.2) is 11.6 Å². The Labute approximate surface area is 111 Å². The lowest BCUT2D eigenvalue weighted by molar-refractivity contribution is -0.124. The summed E-state index contributed by atoms with van der Waals surface area (Å²) in [5.41, 5.74) is 0.109. The smallest absolute Gasteiger partial charge is 0.341 e. The van der Waals surface area contributed by atoms with Crippen LogP contribution in [0.25, 0.3) is 4.85 Å². The molecule has 6 nitrogen and oxygen atoms in total. The number of likely N-dealkylation sites (N-methyl/N-ethyl adjacent to an activating group) is 1. The van der Waals surface area contributed by atoms with Crippen LogP contribution in [0, 0.1) is 6.57 Å². The van der Waals surface area contributed by atoms with Crippen molar-refractivity contribution in [1.82, 2.24) is 4.90 Å². The van der Waals surface area contributed by atoms with Crippen molar-refractivity contribution < 1.29 is 19.2 Å². The molecule has 0 atom stereocenters. The Morgan fingerprint density at radius 2 is 2.00 bits per heavy atom. The second kappa shape index (κ2) is 8.53. The van der Waals surface area contributed by atoms with Gasteiger partial charge >= 0.3 is 5.91 Å². The summed E-state index contributed by atoms with van der Waals surface area (Å²) in [7, 11) is 1.45. The van der Waals surface area contributed by atoms with Crippen molar-refractivity contribution >= 4 is 23.9 Å². The van der Waals surface area contributed by atoms with Gasteiger partial charge in [-0.25, -0.2) is 4.79 Å². The van der Waals surface area contributed by atoms with E-state index in [2.05, 4.69) is 11.4 Å². The largest absolute Gasteiger partial charge is 0.518 e. The van der Waals surface area contributed by atoms with E-state index >= 15 is 0 Å². The van der Waals surface area contributed by atoms with Gasteiger partial charge in [0, 0.05) is 18.3 Å². The van der Waals surface area contributed by atoms with Crippen molar-refractivity contribution in [3.63, 3.8) is 0 Å². The third kappa shape index (κ3) is 7.39. The van der Waals surface area contributed by atoms with Crippen LogP contribution in [0.5, 0.6) is 0 Å². The maximum Gasteiger partial charge on any atom is 0.518 e. The van der Waals surface area contributed by atoms with Crippen LogP contribution in [0.2, 0.25) is 0 Å². The molecule has 0 aliphatic carbocycles. The first-order valence-corrected chi connectivity index (χ1v) is 5.40. The van der Waals surface area contributed by atoms with Crippen molar-refractivity contribution in [2.75, 3.05) is 13.6 Å². The average Bonchev–Trinajstić information content (AvgIpc) is 2.37. The number of Topliss-reactive ketones (excluding diaryl/α,β-unsaturated/α-hetero) is 1. The minimum Gasteiger partial charge on any atom is -0.341 e. The molecule has 0 aromatic carbocycles. The molecule has 0 aromatic rings. The minimum absolute atomic E-state index is 0.0729. The molecule has 0 spiro atoms. The first-order chi connectivity index (χ1) is 8.90. The van der Waals surface area contributed by atoms with Gasteiger partial charge in [0.05, 0.1) is 6.54 Å². The summed E-state index contributed by atoms with van der Waals surface area (Å²) < 4.78 is 0. The summed E-state index contributed by atoms with van der Waals surface area (Å²) in [6.07, 6.45) is 2.77. The molecule has 2 amide bonds. The van der Waals surface area contributed by atoms with E-state index in [1.165, 1.54) is 19.2 Å². The molecule has 0 fully saturated rings. The zero-order valence-electron chi connectivity index (χ0n) is 10.7. The third-order valence-electron chi connectivity index (χ3n) is 2.10. The molecule has 6 heteroatoms. The van der Waals surface area contributed by atoms with Gasteiger partial charge < -0.3 is 4.90 Å². The Hall–Kier alpha value is -2.55. The van der Waals surface area contributed by atoms with E-state index < -0.39 is 5.91 Å². The molecule has 0 heterocycles. The summed E-state index contributed by atoms with van der Waals surface area (Å²) >= 11 is 0. The summed E-state index contributed by atoms with van der Waals surface area (Å²) in [6.45, 7) is 8.10. The molecule has 0 radical (unpaired) electrons. The van der Waals surface area contributed by atoms with Crippen LogP contribution in [0.4, 0.5) is 0 Å². The van der Waals surface area contributed by atoms with Crippen molar-refractivity contribution in [2.45, 2.75) is 12.8 Å². The van der Waals surface area contributed by atoms with Crippen LogP contribution in [-0.4, -0.2) is 42.4 Å². The van der Waals surface area contributed by atoms with Crippen LogP contribution < -0.4 is 0 Å². The Morgan fingerprint density at radius 3 is 2.53 bits per heavy atom. The van der Waals surface area contributed by atoms with Gasteiger partial charge in [-0.05, 0) is 11.6 Å². The zero-order valence-corrected chi connectivity index (χ0v) is 10.7. The molecular weight excluding hydrogens is 248 g/mol. The third-order valence-corrected chi connectivity index (χ3v) is 2.10. The summed E-state index contributed by atoms with van der Waals surface area (Å²) in [4.78, 5) is 48.0. The van der Waals surface area contributed by atoms with Crippen LogP contribution in [0.1, 0.15) is 12.8 Å². The second-order valence-electron chi connectivity index (χ2n) is 3.82. The highest BCUT2D eigenvalue weighted by molar-refractivity contribution is 6.04. The van der Waals surface area contributed by atoms with E-state index in [9.17, 15) is 19.2 Å². The molecule has 0 aromatic heterocycles. The van der Waals surface area contributed by atoms with Crippen molar-refractivity contribution in [2.24, 2.45) is 0 Å². The van der Waals surface area contributed by atoms with Crippen molar-refractivity contribution in [1.29, 1.82) is 0 Å². The first-order valence-electron chi connectivity index (χ1n) is 5.40. The first kappa shape index (κ1) is 16.4. The number of carbonyl (C=O) groups excluding carboxylic acids is 4. The number of nitrogens with zero attached hydrogens (tertiary/aromatic N) is 2. The standard InChI is InChI=1S/C13H15N2O4/c1-10(12(18)8-15(3)9-16)7-11(17)5-4-6-13(19)14-2/h2,4-5,9H,1,6-8H2,3H3/q+1/b5-4+. The van der Waals surface area contributed by atoms with E-state index in [4.69, 9.17) is 6.57 Å². The number of hydrogen-bond acceptors (Lipinski definition) is 4. The number of allylic oxidation sites excluding steroid dienone is 1. The molecule has 0 saturated heterocycles. The predicted octanol–water partition coefficient (Wildman–Crippen LogP) is 0.595. The SMILES string of the molecule is C#[N+]C(=O)C/C=C/C(=O)CC(=C)C(=O)CN(C)C=O. The van der Waals surface area contributed by atoms with Crippen molar-refractivity contribution in [3.05, 3.63) is 29.1 Å². The molecule has 0 saturated carbocycles. The maximum atomic E-state index is 11.5. The molecule has 0 aliphatic rings. The zero-order chi connectivity index (χ0) is 14.8. The number of ketones is 2. The van der Waals surface area contributed by atoms with E-state index in [0.717, 1.165) is 4.90 Å². The van der Waals surface area contributed by atoms with Gasteiger partial charge in [-0.1, -0.05) is 12.7 Å². The monoisotopic (exact) mass is 263 g/mol. The van der Waals surface area contributed by atoms with Gasteiger partial charge in [-0.2, -0.15) is 0 Å². The maximum absolute atomic E-state index is 11.5. The highest BCUT2D eigenvalue weighted by Gasteiger charge is 2.12. The minimum atomic E-state index is -0.549. The second-order valence-corrected chi connectivity index (χ2v) is 3.82. The lowest BCUT2D eigenvalue weighted by Gasteiger charge is -2.09. The van der Waals surface area contributed by atoms with Crippen LogP contribution in [0.15, 0.2) is 24.3 Å². The molecule has 0 rings (SSSR count). The fourth-order valence-electron chi connectivity index (χ4n) is 1.09. The number of carbonyl (C=O) groups is 4. The van der Waals surface area contributed by atoms with Gasteiger partial charge in [-0.3, -0.25) is 14.4 Å². The molecular formula is C13H15N2O4+. The number of hydrogen-bond donors (Lipinski definition) is 0. The lowest BCUT2D eigenvalue weighted by Crippen LogP contribution is -2.25. The number of rotatable bonds is 9. The Bertz CT molecular complexity index is 472. The fraction of sp³-hybridized carbons (Fsp3) is 0.308. The van der Waals surface area contributed by atoms with Crippen LogP contribution in [0.3, 0.4) is 0 Å². The lowest BCUT2D eigenvalue weighted by atomic mass is 10.1. The van der Waals surface area contributed by atoms with Gasteiger partial charge in [-0.15, -0.1) is 0 Å². The van der Waals surface area contributed by atoms with E-state index in [-0.39, 0.29) is 36.5 Å². The molecule has 100 valence electrons. The summed E-state index contributed by atoms with van der Waals surface area (Å²) in [5, 5.41) is 0. The molecule has 0 aliphatic heterocycles. The van der Waals surface area contributed by atoms with Gasteiger partial charge in [0.1, 0.15) is 6.42 Å². The predicted molar refractivity (Wildman–Crippen MR) is 69.5 cm³/mol. The Morgan fingerprint density at radius 1 is 1.37 bits per heavy atom. The Balaban J connectivity index is 4.23. The van der Waals surface area contributed by atoms with Crippen LogP contribution >= 0.6 is 0 Å². The Kier molecular flexibility index (Phi) is 7.38. The summed E-state index contributed by atoms with van der Waals surface area (Å²) in [6, 6.07) is 0. The average molecular weight is 263 g/mol. The van der Waals surface area contributed by atoms with Crippen molar-refractivity contribution in [3.8, 4) is 6.57 Å². The van der Waals surface area contributed by atoms with Gasteiger partial charge in [0.2, 0.25) is 6.41 Å². The quantitative estimate of drug-likeness (QED) is 0.451. The van der Waals surface area contributed by atoms with Crippen LogP contribution in [-0.2, 0) is 19.2 Å². The van der Waals surface area contributed by atoms with Gasteiger partial charge in [0.25, 0.3) is 6.57 Å². The summed E-state index contributed by atoms with van der Waals surface area (Å²) in [5.74, 6) is -1.30. The molecule has 19 heavy (non-hydrogen) atoms. The normalized spacial score (nSPS) is 9.68. The number of amides is 2. The molecule has 0 bridgehead atoms. The highest BCUT2D eigenvalue weighted by Crippen LogP contribution is 2.03.